The Morgan fingerprint density at radius 1 is 1.69 bits per heavy atom. The number of nitrogens with two attached hydrogens (primary N) is 1. The van der Waals surface area contributed by atoms with Gasteiger partial charge in [0, 0.05) is 6.92 Å². The van der Waals surface area contributed by atoms with E-state index in [1.165, 1.54) is 13.0 Å². The van der Waals surface area contributed by atoms with Crippen molar-refractivity contribution in [2.45, 2.75) is 6.92 Å². The molecule has 0 spiro atoms. The van der Waals surface area contributed by atoms with Gasteiger partial charge in [0.15, 0.2) is 11.5 Å². The minimum atomic E-state index is -0.247. The van der Waals surface area contributed by atoms with Gasteiger partial charge in [0.25, 0.3) is 0 Å². The molecule has 2 aromatic heterocycles. The molecule has 0 radical (unpaired) electrons. The van der Waals surface area contributed by atoms with Crippen LogP contribution in [-0.4, -0.2) is 21.1 Å². The Morgan fingerprint density at radius 2 is 2.44 bits per heavy atom. The summed E-state index contributed by atoms with van der Waals surface area (Å²) in [7, 11) is 0. The topological polar surface area (TPSA) is 120 Å². The van der Waals surface area contributed by atoms with Crippen LogP contribution in [0.15, 0.2) is 6.07 Å². The van der Waals surface area contributed by atoms with Crippen molar-refractivity contribution in [1.29, 1.82) is 5.26 Å². The SMILES string of the molecule is CC(=O)Nc1n[nH]c2nc(N)c(C#N)cc12. The Labute approximate surface area is 90.3 Å². The standard InChI is InChI=1S/C9H8N6O/c1-4(16)12-8-6-2-5(3-10)7(11)13-9(6)15-14-8/h2H,1H3,(H4,11,12,13,14,15,16). The number of carbonyl (C=O) groups is 1. The lowest BCUT2D eigenvalue weighted by Crippen LogP contribution is -2.06. The number of pyridine rings is 1. The van der Waals surface area contributed by atoms with Crippen molar-refractivity contribution in [3.05, 3.63) is 11.6 Å². The van der Waals surface area contributed by atoms with Gasteiger partial charge < -0.3 is 11.1 Å². The van der Waals surface area contributed by atoms with E-state index in [0.717, 1.165) is 0 Å². The highest BCUT2D eigenvalue weighted by Gasteiger charge is 2.11. The van der Waals surface area contributed by atoms with E-state index >= 15 is 0 Å². The number of nitrogens with one attached hydrogen (secondary N) is 2. The van der Waals surface area contributed by atoms with Crippen LogP contribution in [0.4, 0.5) is 11.6 Å². The molecule has 1 amide bonds. The molecular weight excluding hydrogens is 208 g/mol. The molecule has 0 bridgehead atoms. The number of fused-ring (bicyclic) bond motifs is 1. The monoisotopic (exact) mass is 216 g/mol. The quantitative estimate of drug-likeness (QED) is 0.635. The molecule has 0 saturated carbocycles. The number of hydrogen-bond acceptors (Lipinski definition) is 5. The summed E-state index contributed by atoms with van der Waals surface area (Å²) in [5, 5.41) is 18.4. The highest BCUT2D eigenvalue weighted by atomic mass is 16.1. The van der Waals surface area contributed by atoms with Gasteiger partial charge in [0.1, 0.15) is 11.9 Å². The molecule has 4 N–H and O–H groups in total. The summed E-state index contributed by atoms with van der Waals surface area (Å²) < 4.78 is 0. The van der Waals surface area contributed by atoms with Gasteiger partial charge in [-0.2, -0.15) is 10.4 Å². The molecule has 0 aliphatic rings. The van der Waals surface area contributed by atoms with Crippen molar-refractivity contribution in [2.24, 2.45) is 0 Å². The maximum atomic E-state index is 10.9. The molecule has 7 heteroatoms. The Balaban J connectivity index is 2.63. The number of anilines is 2. The van der Waals surface area contributed by atoms with Crippen molar-refractivity contribution in [3.63, 3.8) is 0 Å². The second-order valence-electron chi connectivity index (χ2n) is 3.18. The summed E-state index contributed by atoms with van der Waals surface area (Å²) >= 11 is 0. The maximum Gasteiger partial charge on any atom is 0.222 e. The highest BCUT2D eigenvalue weighted by molar-refractivity contribution is 5.98. The number of amides is 1. The summed E-state index contributed by atoms with van der Waals surface area (Å²) in [6, 6.07) is 3.45. The van der Waals surface area contributed by atoms with Crippen molar-refractivity contribution >= 4 is 28.6 Å². The number of aromatic amines is 1. The number of H-pyrrole nitrogens is 1. The van der Waals surface area contributed by atoms with Crippen molar-refractivity contribution in [2.75, 3.05) is 11.1 Å². The number of aromatic nitrogens is 3. The fourth-order valence-electron chi connectivity index (χ4n) is 1.31. The number of carbonyl (C=O) groups excluding carboxylic acids is 1. The zero-order chi connectivity index (χ0) is 11.7. The van der Waals surface area contributed by atoms with Crippen LogP contribution in [0.3, 0.4) is 0 Å². The van der Waals surface area contributed by atoms with E-state index in [1.54, 1.807) is 0 Å². The van der Waals surface area contributed by atoms with E-state index in [-0.39, 0.29) is 17.3 Å². The van der Waals surface area contributed by atoms with Crippen molar-refractivity contribution < 1.29 is 4.79 Å². The van der Waals surface area contributed by atoms with Gasteiger partial charge in [0.05, 0.1) is 10.9 Å². The van der Waals surface area contributed by atoms with E-state index in [9.17, 15) is 4.79 Å². The molecule has 7 nitrogen and oxygen atoms in total. The minimum absolute atomic E-state index is 0.132. The molecule has 0 aliphatic heterocycles. The molecule has 0 unspecified atom stereocenters. The highest BCUT2D eigenvalue weighted by Crippen LogP contribution is 2.22. The third-order valence-corrected chi connectivity index (χ3v) is 2.00. The summed E-state index contributed by atoms with van der Waals surface area (Å²) in [5.74, 6) is 0.225. The molecule has 0 fully saturated rings. The second kappa shape index (κ2) is 3.51. The van der Waals surface area contributed by atoms with Crippen LogP contribution >= 0.6 is 0 Å². The first-order valence-electron chi connectivity index (χ1n) is 4.44. The van der Waals surface area contributed by atoms with Crippen LogP contribution in [0.5, 0.6) is 0 Å². The van der Waals surface area contributed by atoms with Crippen LogP contribution in [-0.2, 0) is 4.79 Å². The van der Waals surface area contributed by atoms with Crippen LogP contribution in [0.2, 0.25) is 0 Å². The molecular formula is C9H8N6O. The van der Waals surface area contributed by atoms with E-state index in [1.807, 2.05) is 6.07 Å². The summed E-state index contributed by atoms with van der Waals surface area (Å²) in [4.78, 5) is 14.9. The average molecular weight is 216 g/mol. The number of nitriles is 1. The summed E-state index contributed by atoms with van der Waals surface area (Å²) in [5.41, 5.74) is 6.22. The first-order chi connectivity index (χ1) is 7.61. The normalized spacial score (nSPS) is 10.0. The Morgan fingerprint density at radius 3 is 3.06 bits per heavy atom. The van der Waals surface area contributed by atoms with Crippen molar-refractivity contribution in [1.82, 2.24) is 15.2 Å². The third kappa shape index (κ3) is 1.52. The predicted octanol–water partition coefficient (Wildman–Crippen LogP) is 0.370. The maximum absolute atomic E-state index is 10.9. The van der Waals surface area contributed by atoms with E-state index in [4.69, 9.17) is 11.0 Å². The number of nitrogen functional groups attached to an aromatic ring is 1. The lowest BCUT2D eigenvalue weighted by molar-refractivity contribution is -0.114. The second-order valence-corrected chi connectivity index (χ2v) is 3.18. The van der Waals surface area contributed by atoms with Crippen molar-refractivity contribution in [3.8, 4) is 6.07 Å². The average Bonchev–Trinajstić information content (AvgIpc) is 2.59. The molecule has 2 rings (SSSR count). The molecule has 2 aromatic rings. The van der Waals surface area contributed by atoms with Gasteiger partial charge >= 0.3 is 0 Å². The summed E-state index contributed by atoms with van der Waals surface area (Å²) in [6.07, 6.45) is 0. The first-order valence-corrected chi connectivity index (χ1v) is 4.44. The number of nitrogens with zero attached hydrogens (tertiary/aromatic N) is 3. The number of rotatable bonds is 1. The van der Waals surface area contributed by atoms with E-state index in [0.29, 0.717) is 16.9 Å². The summed E-state index contributed by atoms with van der Waals surface area (Å²) in [6.45, 7) is 1.37. The van der Waals surface area contributed by atoms with Gasteiger partial charge in [-0.3, -0.25) is 9.89 Å². The minimum Gasteiger partial charge on any atom is -0.383 e. The number of hydrogen-bond donors (Lipinski definition) is 3. The largest absolute Gasteiger partial charge is 0.383 e. The fraction of sp³-hybridized carbons (Fsp3) is 0.111. The molecule has 0 atom stereocenters. The van der Waals surface area contributed by atoms with Crippen LogP contribution in [0, 0.1) is 11.3 Å². The Bertz CT molecular complexity index is 608. The smallest absolute Gasteiger partial charge is 0.222 e. The molecule has 0 saturated heterocycles. The van der Waals surface area contributed by atoms with Gasteiger partial charge in [-0.1, -0.05) is 0 Å². The lowest BCUT2D eigenvalue weighted by Gasteiger charge is -1.98. The first kappa shape index (κ1) is 9.92. The Kier molecular flexibility index (Phi) is 2.17. The van der Waals surface area contributed by atoms with Gasteiger partial charge in [-0.05, 0) is 6.07 Å². The molecule has 16 heavy (non-hydrogen) atoms. The Hall–Kier alpha value is -2.62. The van der Waals surface area contributed by atoms with Crippen LogP contribution in [0.1, 0.15) is 12.5 Å². The molecule has 0 aromatic carbocycles. The predicted molar refractivity (Wildman–Crippen MR) is 57.3 cm³/mol. The van der Waals surface area contributed by atoms with Crippen LogP contribution < -0.4 is 11.1 Å². The van der Waals surface area contributed by atoms with Gasteiger partial charge in [-0.25, -0.2) is 4.98 Å². The van der Waals surface area contributed by atoms with Gasteiger partial charge in [0.2, 0.25) is 5.91 Å². The van der Waals surface area contributed by atoms with Crippen LogP contribution in [0.25, 0.3) is 11.0 Å². The zero-order valence-electron chi connectivity index (χ0n) is 8.40. The van der Waals surface area contributed by atoms with Gasteiger partial charge in [-0.15, -0.1) is 0 Å². The van der Waals surface area contributed by atoms with E-state index in [2.05, 4.69) is 20.5 Å². The third-order valence-electron chi connectivity index (χ3n) is 2.00. The molecule has 2 heterocycles. The molecule has 0 aliphatic carbocycles. The lowest BCUT2D eigenvalue weighted by atomic mass is 10.2. The fourth-order valence-corrected chi connectivity index (χ4v) is 1.31. The van der Waals surface area contributed by atoms with E-state index < -0.39 is 0 Å². The zero-order valence-corrected chi connectivity index (χ0v) is 8.40. The molecule has 80 valence electrons.